The lowest BCUT2D eigenvalue weighted by molar-refractivity contribution is 0.123. The van der Waals surface area contributed by atoms with Gasteiger partial charge in [0.25, 0.3) is 0 Å². The molecule has 66 valence electrons. The molecule has 0 aliphatic heterocycles. The molecule has 0 bridgehead atoms. The Labute approximate surface area is 77.0 Å². The SMILES string of the molecule is Cc1ccsc1C1(CO)CCC1. The van der Waals surface area contributed by atoms with Gasteiger partial charge in [0.2, 0.25) is 0 Å². The van der Waals surface area contributed by atoms with Crippen molar-refractivity contribution in [2.75, 3.05) is 6.61 Å². The molecule has 0 radical (unpaired) electrons. The van der Waals surface area contributed by atoms with Gasteiger partial charge in [0, 0.05) is 10.3 Å². The first-order valence-corrected chi connectivity index (χ1v) is 5.32. The van der Waals surface area contributed by atoms with Crippen LogP contribution in [0.1, 0.15) is 29.7 Å². The number of aliphatic hydroxyl groups is 1. The Hall–Kier alpha value is -0.340. The van der Waals surface area contributed by atoms with Gasteiger partial charge in [-0.1, -0.05) is 6.42 Å². The minimum Gasteiger partial charge on any atom is -0.395 e. The van der Waals surface area contributed by atoms with E-state index in [9.17, 15) is 5.11 Å². The van der Waals surface area contributed by atoms with E-state index in [1.165, 1.54) is 29.7 Å². The molecular weight excluding hydrogens is 168 g/mol. The second kappa shape index (κ2) is 2.86. The number of aryl methyl sites for hydroxylation is 1. The number of hydrogen-bond donors (Lipinski definition) is 1. The second-order valence-electron chi connectivity index (χ2n) is 3.72. The van der Waals surface area contributed by atoms with Crippen molar-refractivity contribution >= 4 is 11.3 Å². The molecule has 0 aromatic carbocycles. The number of aliphatic hydroxyl groups excluding tert-OH is 1. The highest BCUT2D eigenvalue weighted by atomic mass is 32.1. The van der Waals surface area contributed by atoms with Crippen LogP contribution in [-0.4, -0.2) is 11.7 Å². The Bertz CT molecular complexity index is 268. The molecule has 1 heterocycles. The molecule has 1 aliphatic carbocycles. The van der Waals surface area contributed by atoms with Crippen LogP contribution in [0.2, 0.25) is 0 Å². The summed E-state index contributed by atoms with van der Waals surface area (Å²) in [7, 11) is 0. The van der Waals surface area contributed by atoms with Crippen LogP contribution in [0.3, 0.4) is 0 Å². The third-order valence-electron chi connectivity index (χ3n) is 2.96. The van der Waals surface area contributed by atoms with Gasteiger partial charge in [-0.15, -0.1) is 11.3 Å². The van der Waals surface area contributed by atoms with E-state index in [2.05, 4.69) is 18.4 Å². The van der Waals surface area contributed by atoms with Crippen molar-refractivity contribution in [3.8, 4) is 0 Å². The molecule has 2 rings (SSSR count). The Morgan fingerprint density at radius 3 is 2.67 bits per heavy atom. The van der Waals surface area contributed by atoms with Crippen LogP contribution in [0.4, 0.5) is 0 Å². The van der Waals surface area contributed by atoms with E-state index in [0.29, 0.717) is 6.61 Å². The third-order valence-corrected chi connectivity index (χ3v) is 4.22. The maximum absolute atomic E-state index is 9.34. The average Bonchev–Trinajstić information content (AvgIpc) is 2.36. The van der Waals surface area contributed by atoms with E-state index in [-0.39, 0.29) is 5.41 Å². The zero-order valence-corrected chi connectivity index (χ0v) is 8.16. The van der Waals surface area contributed by atoms with Crippen molar-refractivity contribution in [1.82, 2.24) is 0 Å². The van der Waals surface area contributed by atoms with Gasteiger partial charge in [-0.05, 0) is 36.8 Å². The topological polar surface area (TPSA) is 20.2 Å². The van der Waals surface area contributed by atoms with Crippen LogP contribution in [0.25, 0.3) is 0 Å². The standard InChI is InChI=1S/C10H14OS/c1-8-3-6-12-9(8)10(7-11)4-2-5-10/h3,6,11H,2,4-5,7H2,1H3. The van der Waals surface area contributed by atoms with Gasteiger partial charge in [0.1, 0.15) is 0 Å². The van der Waals surface area contributed by atoms with Crippen LogP contribution < -0.4 is 0 Å². The molecule has 0 atom stereocenters. The van der Waals surface area contributed by atoms with Crippen LogP contribution in [0.5, 0.6) is 0 Å². The Morgan fingerprint density at radius 1 is 1.58 bits per heavy atom. The summed E-state index contributed by atoms with van der Waals surface area (Å²) in [5, 5.41) is 11.5. The summed E-state index contributed by atoms with van der Waals surface area (Å²) in [6.07, 6.45) is 3.62. The first kappa shape index (κ1) is 8.27. The average molecular weight is 182 g/mol. The predicted molar refractivity (Wildman–Crippen MR) is 51.7 cm³/mol. The maximum Gasteiger partial charge on any atom is 0.0535 e. The van der Waals surface area contributed by atoms with Gasteiger partial charge in [-0.25, -0.2) is 0 Å². The molecule has 1 aromatic rings. The molecule has 1 aromatic heterocycles. The minimum atomic E-state index is 0.151. The van der Waals surface area contributed by atoms with Crippen molar-refractivity contribution in [2.24, 2.45) is 0 Å². The lowest BCUT2D eigenvalue weighted by Gasteiger charge is -2.40. The van der Waals surface area contributed by atoms with Gasteiger partial charge in [-0.3, -0.25) is 0 Å². The fourth-order valence-electron chi connectivity index (χ4n) is 1.98. The molecule has 1 nitrogen and oxygen atoms in total. The first-order chi connectivity index (χ1) is 5.78. The first-order valence-electron chi connectivity index (χ1n) is 4.44. The second-order valence-corrected chi connectivity index (χ2v) is 4.64. The smallest absolute Gasteiger partial charge is 0.0535 e. The maximum atomic E-state index is 9.34. The van der Waals surface area contributed by atoms with Crippen LogP contribution in [0.15, 0.2) is 11.4 Å². The summed E-state index contributed by atoms with van der Waals surface area (Å²) in [6, 6.07) is 2.15. The molecule has 0 amide bonds. The molecule has 1 N–H and O–H groups in total. The zero-order chi connectivity index (χ0) is 8.60. The minimum absolute atomic E-state index is 0.151. The van der Waals surface area contributed by atoms with Gasteiger partial charge in [0.05, 0.1) is 6.61 Å². The molecule has 1 fully saturated rings. The van der Waals surface area contributed by atoms with E-state index < -0.39 is 0 Å². The lowest BCUT2D eigenvalue weighted by atomic mass is 9.68. The summed E-state index contributed by atoms with van der Waals surface area (Å²) in [4.78, 5) is 1.41. The molecular formula is C10H14OS. The van der Waals surface area contributed by atoms with Crippen molar-refractivity contribution in [3.63, 3.8) is 0 Å². The lowest BCUT2D eigenvalue weighted by Crippen LogP contribution is -2.37. The molecule has 2 heteroatoms. The highest BCUT2D eigenvalue weighted by Crippen LogP contribution is 2.46. The Kier molecular flexibility index (Phi) is 1.97. The fraction of sp³-hybridized carbons (Fsp3) is 0.600. The van der Waals surface area contributed by atoms with Crippen molar-refractivity contribution < 1.29 is 5.11 Å². The summed E-state index contributed by atoms with van der Waals surface area (Å²) in [5.74, 6) is 0. The van der Waals surface area contributed by atoms with Crippen molar-refractivity contribution in [3.05, 3.63) is 21.9 Å². The van der Waals surface area contributed by atoms with Crippen molar-refractivity contribution in [2.45, 2.75) is 31.6 Å². The van der Waals surface area contributed by atoms with Gasteiger partial charge < -0.3 is 5.11 Å². The predicted octanol–water partition coefficient (Wildman–Crippen LogP) is 2.47. The quantitative estimate of drug-likeness (QED) is 0.745. The number of hydrogen-bond acceptors (Lipinski definition) is 2. The molecule has 12 heavy (non-hydrogen) atoms. The van der Waals surface area contributed by atoms with E-state index in [4.69, 9.17) is 0 Å². The van der Waals surface area contributed by atoms with Crippen LogP contribution in [0, 0.1) is 6.92 Å². The molecule has 1 aliphatic rings. The van der Waals surface area contributed by atoms with Gasteiger partial charge >= 0.3 is 0 Å². The molecule has 0 spiro atoms. The Morgan fingerprint density at radius 2 is 2.33 bits per heavy atom. The summed E-state index contributed by atoms with van der Waals surface area (Å²) in [6.45, 7) is 2.47. The van der Waals surface area contributed by atoms with Gasteiger partial charge in [0.15, 0.2) is 0 Å². The highest BCUT2D eigenvalue weighted by molar-refractivity contribution is 7.10. The largest absolute Gasteiger partial charge is 0.395 e. The van der Waals surface area contributed by atoms with E-state index in [0.717, 1.165) is 0 Å². The third kappa shape index (κ3) is 1.02. The van der Waals surface area contributed by atoms with Crippen molar-refractivity contribution in [1.29, 1.82) is 0 Å². The molecule has 1 saturated carbocycles. The molecule has 0 saturated heterocycles. The van der Waals surface area contributed by atoms with Crippen LogP contribution >= 0.6 is 11.3 Å². The zero-order valence-electron chi connectivity index (χ0n) is 7.34. The fourth-order valence-corrected chi connectivity index (χ4v) is 3.16. The summed E-state index contributed by atoms with van der Waals surface area (Å²) < 4.78 is 0. The van der Waals surface area contributed by atoms with Gasteiger partial charge in [-0.2, -0.15) is 0 Å². The normalized spacial score (nSPS) is 20.5. The Balaban J connectivity index is 2.33. The number of thiophene rings is 1. The van der Waals surface area contributed by atoms with E-state index >= 15 is 0 Å². The van der Waals surface area contributed by atoms with E-state index in [1.54, 1.807) is 11.3 Å². The molecule has 0 unspecified atom stereocenters. The number of rotatable bonds is 2. The van der Waals surface area contributed by atoms with E-state index in [1.807, 2.05) is 0 Å². The van der Waals surface area contributed by atoms with Crippen LogP contribution in [-0.2, 0) is 5.41 Å². The monoisotopic (exact) mass is 182 g/mol. The highest BCUT2D eigenvalue weighted by Gasteiger charge is 2.39. The summed E-state index contributed by atoms with van der Waals surface area (Å²) >= 11 is 1.80. The summed E-state index contributed by atoms with van der Waals surface area (Å²) in [5.41, 5.74) is 1.51.